The summed E-state index contributed by atoms with van der Waals surface area (Å²) in [7, 11) is 0. The number of rotatable bonds is 4. The van der Waals surface area contributed by atoms with E-state index >= 15 is 0 Å². The average molecular weight is 386 g/mol. The lowest BCUT2D eigenvalue weighted by atomic mass is 10.1. The molecule has 0 saturated heterocycles. The van der Waals surface area contributed by atoms with Gasteiger partial charge in [0.1, 0.15) is 11.5 Å². The Morgan fingerprint density at radius 2 is 1.69 bits per heavy atom. The van der Waals surface area contributed by atoms with E-state index in [-0.39, 0.29) is 5.91 Å². The topological polar surface area (TPSA) is 42.2 Å². The van der Waals surface area contributed by atoms with Crippen molar-refractivity contribution in [3.63, 3.8) is 0 Å². The van der Waals surface area contributed by atoms with Crippen molar-refractivity contribution < 1.29 is 9.21 Å². The molecule has 5 heteroatoms. The molecule has 0 aliphatic rings. The quantitative estimate of drug-likeness (QED) is 0.519. The van der Waals surface area contributed by atoms with Gasteiger partial charge in [-0.25, -0.2) is 0 Å². The number of hydrogen-bond acceptors (Lipinski definition) is 2. The number of carbonyl (C=O) groups is 1. The van der Waals surface area contributed by atoms with Gasteiger partial charge >= 0.3 is 0 Å². The van der Waals surface area contributed by atoms with Crippen LogP contribution < -0.4 is 5.32 Å². The van der Waals surface area contributed by atoms with Crippen LogP contribution in [0, 0.1) is 13.8 Å². The Morgan fingerprint density at radius 1 is 1.00 bits per heavy atom. The molecule has 2 aromatic carbocycles. The Balaban J connectivity index is 1.74. The van der Waals surface area contributed by atoms with Gasteiger partial charge < -0.3 is 9.73 Å². The van der Waals surface area contributed by atoms with Crippen LogP contribution in [0.4, 0.5) is 5.69 Å². The Kier molecular flexibility index (Phi) is 5.50. The molecular weight excluding hydrogens is 369 g/mol. The van der Waals surface area contributed by atoms with Crippen molar-refractivity contribution in [2.24, 2.45) is 0 Å². The van der Waals surface area contributed by atoms with E-state index in [0.717, 1.165) is 16.8 Å². The number of furan rings is 1. The molecule has 1 N–H and O–H groups in total. The number of amides is 1. The zero-order chi connectivity index (χ0) is 18.7. The van der Waals surface area contributed by atoms with Gasteiger partial charge in [-0.05, 0) is 55.3 Å². The number of carbonyl (C=O) groups excluding carboxylic acids is 1. The number of hydrogen-bond donors (Lipinski definition) is 1. The summed E-state index contributed by atoms with van der Waals surface area (Å²) in [6.45, 7) is 3.92. The van der Waals surface area contributed by atoms with Gasteiger partial charge in [-0.15, -0.1) is 0 Å². The highest BCUT2D eigenvalue weighted by Gasteiger charge is 2.10. The number of benzene rings is 2. The first kappa shape index (κ1) is 18.3. The average Bonchev–Trinajstić information content (AvgIpc) is 3.08. The summed E-state index contributed by atoms with van der Waals surface area (Å²) in [6, 6.07) is 14.8. The van der Waals surface area contributed by atoms with Crippen LogP contribution >= 0.6 is 23.2 Å². The second kappa shape index (κ2) is 7.81. The molecule has 0 radical (unpaired) electrons. The van der Waals surface area contributed by atoms with E-state index in [1.165, 1.54) is 6.08 Å². The Hall–Kier alpha value is -2.49. The van der Waals surface area contributed by atoms with Crippen LogP contribution in [-0.2, 0) is 4.79 Å². The minimum Gasteiger partial charge on any atom is -0.457 e. The third-order valence-electron chi connectivity index (χ3n) is 3.97. The van der Waals surface area contributed by atoms with E-state index < -0.39 is 0 Å². The second-order valence-electron chi connectivity index (χ2n) is 5.89. The van der Waals surface area contributed by atoms with E-state index in [1.54, 1.807) is 30.3 Å². The summed E-state index contributed by atoms with van der Waals surface area (Å²) in [5.74, 6) is 0.918. The first-order valence-corrected chi connectivity index (χ1v) is 8.81. The summed E-state index contributed by atoms with van der Waals surface area (Å²) in [5, 5.41) is 3.80. The fourth-order valence-corrected chi connectivity index (χ4v) is 3.01. The van der Waals surface area contributed by atoms with Gasteiger partial charge in [0.15, 0.2) is 0 Å². The van der Waals surface area contributed by atoms with E-state index in [1.807, 2.05) is 38.1 Å². The third kappa shape index (κ3) is 4.01. The molecule has 3 aromatic rings. The first-order valence-electron chi connectivity index (χ1n) is 8.05. The fraction of sp³-hybridized carbons (Fsp3) is 0.0952. The zero-order valence-corrected chi connectivity index (χ0v) is 15.9. The monoisotopic (exact) mass is 385 g/mol. The maximum atomic E-state index is 12.2. The molecule has 0 unspecified atom stereocenters. The number of aryl methyl sites for hydroxylation is 2. The third-order valence-corrected chi connectivity index (χ3v) is 4.79. The van der Waals surface area contributed by atoms with E-state index in [0.29, 0.717) is 27.1 Å². The molecular formula is C21H17Cl2NO2. The van der Waals surface area contributed by atoms with Crippen molar-refractivity contribution in [3.05, 3.63) is 81.5 Å². The molecule has 3 nitrogen and oxygen atoms in total. The predicted molar refractivity (Wildman–Crippen MR) is 108 cm³/mol. The van der Waals surface area contributed by atoms with Gasteiger partial charge in [0.05, 0.1) is 10.0 Å². The summed E-state index contributed by atoms with van der Waals surface area (Å²) < 4.78 is 5.74. The molecule has 0 spiro atoms. The van der Waals surface area contributed by atoms with E-state index in [2.05, 4.69) is 5.32 Å². The molecule has 3 rings (SSSR count). The summed E-state index contributed by atoms with van der Waals surface area (Å²) in [4.78, 5) is 12.2. The van der Waals surface area contributed by atoms with Crippen LogP contribution in [-0.4, -0.2) is 5.91 Å². The molecule has 132 valence electrons. The molecule has 1 heterocycles. The normalized spacial score (nSPS) is 11.1. The largest absolute Gasteiger partial charge is 0.457 e. The molecule has 1 amide bonds. The van der Waals surface area contributed by atoms with Crippen LogP contribution in [0.1, 0.15) is 16.9 Å². The second-order valence-corrected chi connectivity index (χ2v) is 6.68. The molecule has 0 fully saturated rings. The Morgan fingerprint density at radius 3 is 2.42 bits per heavy atom. The lowest BCUT2D eigenvalue weighted by Gasteiger charge is -2.09. The van der Waals surface area contributed by atoms with Gasteiger partial charge in [0.2, 0.25) is 5.91 Å². The highest BCUT2D eigenvalue weighted by atomic mass is 35.5. The lowest BCUT2D eigenvalue weighted by Crippen LogP contribution is -2.10. The SMILES string of the molecule is Cc1cccc(C)c1NC(=O)C=Cc1ccc(-c2cccc(Cl)c2Cl)o1. The van der Waals surface area contributed by atoms with Crippen molar-refractivity contribution in [2.75, 3.05) is 5.32 Å². The summed E-state index contributed by atoms with van der Waals surface area (Å²) in [5.41, 5.74) is 3.57. The predicted octanol–water partition coefficient (Wildman–Crippen LogP) is 6.52. The first-order chi connectivity index (χ1) is 12.5. The van der Waals surface area contributed by atoms with Crippen LogP contribution in [0.15, 0.2) is 59.0 Å². The van der Waals surface area contributed by atoms with Gasteiger partial charge in [-0.2, -0.15) is 0 Å². The fourth-order valence-electron chi connectivity index (χ4n) is 2.62. The smallest absolute Gasteiger partial charge is 0.248 e. The highest BCUT2D eigenvalue weighted by molar-refractivity contribution is 6.43. The van der Waals surface area contributed by atoms with Gasteiger partial charge in [0.25, 0.3) is 0 Å². The number of para-hydroxylation sites is 1. The van der Waals surface area contributed by atoms with Gasteiger partial charge in [-0.3, -0.25) is 4.79 Å². The van der Waals surface area contributed by atoms with E-state index in [9.17, 15) is 4.79 Å². The highest BCUT2D eigenvalue weighted by Crippen LogP contribution is 2.34. The number of halogens is 2. The zero-order valence-electron chi connectivity index (χ0n) is 14.3. The minimum atomic E-state index is -0.221. The van der Waals surface area contributed by atoms with Crippen molar-refractivity contribution in [1.29, 1.82) is 0 Å². The van der Waals surface area contributed by atoms with E-state index in [4.69, 9.17) is 27.6 Å². The lowest BCUT2D eigenvalue weighted by molar-refractivity contribution is -0.111. The molecule has 0 bridgehead atoms. The summed E-state index contributed by atoms with van der Waals surface area (Å²) >= 11 is 12.2. The van der Waals surface area contributed by atoms with Crippen LogP contribution in [0.5, 0.6) is 0 Å². The molecule has 0 saturated carbocycles. The maximum absolute atomic E-state index is 12.2. The Bertz CT molecular complexity index is 969. The van der Waals surface area contributed by atoms with Gasteiger partial charge in [0, 0.05) is 17.3 Å². The van der Waals surface area contributed by atoms with Crippen molar-refractivity contribution in [2.45, 2.75) is 13.8 Å². The van der Waals surface area contributed by atoms with Crippen LogP contribution in [0.25, 0.3) is 17.4 Å². The van der Waals surface area contributed by atoms with Gasteiger partial charge in [-0.1, -0.05) is 47.5 Å². The van der Waals surface area contributed by atoms with Crippen molar-refractivity contribution in [1.82, 2.24) is 0 Å². The number of anilines is 1. The van der Waals surface area contributed by atoms with Crippen molar-refractivity contribution >= 4 is 40.9 Å². The van der Waals surface area contributed by atoms with Crippen molar-refractivity contribution in [3.8, 4) is 11.3 Å². The van der Waals surface area contributed by atoms with Crippen LogP contribution in [0.2, 0.25) is 10.0 Å². The molecule has 1 aromatic heterocycles. The molecule has 0 aliphatic heterocycles. The van der Waals surface area contributed by atoms with Crippen LogP contribution in [0.3, 0.4) is 0 Å². The maximum Gasteiger partial charge on any atom is 0.248 e. The number of nitrogens with one attached hydrogen (secondary N) is 1. The molecule has 0 aliphatic carbocycles. The standard InChI is InChI=1S/C21H17Cl2NO2/c1-13-5-3-6-14(2)21(13)24-19(25)12-10-15-9-11-18(26-15)16-7-4-8-17(22)20(16)23/h3-12H,1-2H3,(H,24,25). The molecule has 26 heavy (non-hydrogen) atoms. The molecule has 0 atom stereocenters. The summed E-state index contributed by atoms with van der Waals surface area (Å²) in [6.07, 6.45) is 3.05. The Labute approximate surface area is 162 Å². The minimum absolute atomic E-state index is 0.221.